The molecule has 28 heteroatoms. The van der Waals surface area contributed by atoms with E-state index in [1.165, 1.54) is 46.5 Å². The van der Waals surface area contributed by atoms with Gasteiger partial charge in [0.05, 0.1) is 91.0 Å². The van der Waals surface area contributed by atoms with E-state index in [2.05, 4.69) is 115 Å². The number of halogens is 4. The van der Waals surface area contributed by atoms with E-state index in [0.717, 1.165) is 227 Å². The number of aromatic nitrogens is 16. The number of nitrogens with zero attached hydrogens (tertiary/aromatic N) is 12. The normalized spacial score (nSPS) is 20.3. The zero-order chi connectivity index (χ0) is 90.0. The van der Waals surface area contributed by atoms with E-state index < -0.39 is 0 Å². The lowest BCUT2D eigenvalue weighted by Crippen LogP contribution is -2.26. The Balaban J connectivity index is 0.000000117. The molecule has 0 bridgehead atoms. The Bertz CT molecular complexity index is 6400. The maximum atomic E-state index is 13.9. The van der Waals surface area contributed by atoms with Crippen molar-refractivity contribution in [1.29, 1.82) is 0 Å². The third-order valence-electron chi connectivity index (χ3n) is 28.4. The van der Waals surface area contributed by atoms with Crippen molar-refractivity contribution in [2.75, 3.05) is 21.1 Å². The summed E-state index contributed by atoms with van der Waals surface area (Å²) in [5, 5.41) is 14.5. The molecule has 24 nitrogen and oxygen atoms in total. The van der Waals surface area contributed by atoms with E-state index in [1.807, 2.05) is 43.0 Å². The molecule has 0 spiro atoms. The van der Waals surface area contributed by atoms with Crippen LogP contribution in [0.1, 0.15) is 278 Å². The smallest absolute Gasteiger partial charge is 0.270 e. The van der Waals surface area contributed by atoms with E-state index in [-0.39, 0.29) is 70.6 Å². The van der Waals surface area contributed by atoms with Crippen LogP contribution in [0.15, 0.2) is 171 Å². The molecule has 4 aromatic carbocycles. The van der Waals surface area contributed by atoms with Crippen LogP contribution in [-0.4, -0.2) is 131 Å². The summed E-state index contributed by atoms with van der Waals surface area (Å²) >= 11 is 0. The predicted molar refractivity (Wildman–Crippen MR) is 495 cm³/mol. The van der Waals surface area contributed by atoms with Gasteiger partial charge in [0.25, 0.3) is 23.6 Å². The highest BCUT2D eigenvalue weighted by Gasteiger charge is 2.36. The zero-order valence-corrected chi connectivity index (χ0v) is 73.9. The number of imidazole rings is 4. The Morgan fingerprint density at radius 2 is 0.523 bits per heavy atom. The molecule has 0 aliphatic heterocycles. The third-order valence-corrected chi connectivity index (χ3v) is 28.4. The lowest BCUT2D eigenvalue weighted by Gasteiger charge is -2.32. The molecular weight excluding hydrogens is 1650 g/mol. The van der Waals surface area contributed by atoms with Crippen LogP contribution < -0.4 is 21.3 Å². The van der Waals surface area contributed by atoms with Crippen molar-refractivity contribution in [1.82, 2.24) is 101 Å². The van der Waals surface area contributed by atoms with E-state index in [9.17, 15) is 36.7 Å². The topological polar surface area (TPSA) is 334 Å². The second kappa shape index (κ2) is 38.1. The van der Waals surface area contributed by atoms with Crippen LogP contribution in [0.25, 0.3) is 87.7 Å². The van der Waals surface area contributed by atoms with Crippen molar-refractivity contribution in [2.24, 2.45) is 23.7 Å². The summed E-state index contributed by atoms with van der Waals surface area (Å²) in [5.74, 6) is 7.00. The molecule has 4 atom stereocenters. The van der Waals surface area contributed by atoms with Crippen LogP contribution in [0, 0.1) is 46.9 Å². The van der Waals surface area contributed by atoms with Crippen LogP contribution in [0.3, 0.4) is 0 Å². The Labute approximate surface area is 749 Å². The number of H-pyrrole nitrogens is 4. The van der Waals surface area contributed by atoms with Gasteiger partial charge in [-0.05, 0) is 306 Å². The van der Waals surface area contributed by atoms with Gasteiger partial charge in [-0.25, -0.2) is 57.4 Å². The molecule has 5 fully saturated rings. The minimum absolute atomic E-state index is 0.121. The number of hydrogen-bond acceptors (Lipinski definition) is 16. The molecule has 12 aromatic heterocycles. The minimum atomic E-state index is -0.216. The van der Waals surface area contributed by atoms with Crippen LogP contribution in [0.2, 0.25) is 0 Å². The zero-order valence-electron chi connectivity index (χ0n) is 73.9. The SMILES string of the molecule is CNC(=O)c1cc2nc(C(C)C3CCC(c4ccnc5ccc(F)cc45)CC3)[nH]c2cn1.CNC(=O)c1cc2nc([C@@H](C)C3CCC(c4ccnc5ccc(F)cc45)CC3)[nH]c2cn1.CNC(=O)c1cc2nc([C@H](C)C3CCC(c4ccnc5ccc(F)cc45)CC3)[nH]c2cn1.C[C@@H](c1nc2cc(C(=O)NC3CC3)ncc2[nH]1)C1CCC(c2ccnc3ccc(F)cc23)CC1. The Morgan fingerprint density at radius 1 is 0.292 bits per heavy atom. The number of benzene rings is 4. The first-order valence-electron chi connectivity index (χ1n) is 45.7. The van der Waals surface area contributed by atoms with Crippen molar-refractivity contribution >= 4 is 111 Å². The van der Waals surface area contributed by atoms with Crippen molar-refractivity contribution in [3.63, 3.8) is 0 Å². The first-order chi connectivity index (χ1) is 63.1. The number of amides is 4. The van der Waals surface area contributed by atoms with Gasteiger partial charge in [0.1, 0.15) is 69.3 Å². The Hall–Kier alpha value is -13.4. The lowest BCUT2D eigenvalue weighted by atomic mass is 9.73. The third kappa shape index (κ3) is 18.9. The summed E-state index contributed by atoms with van der Waals surface area (Å²) in [6.45, 7) is 8.88. The van der Waals surface area contributed by atoms with Crippen molar-refractivity contribution in [2.45, 2.75) is 197 Å². The van der Waals surface area contributed by atoms with Gasteiger partial charge in [-0.3, -0.25) is 39.1 Å². The molecular formula is C102H106F4N20O4. The standard InChI is InChI=1S/C27H28FN5O.3C25H26FN5O/c1-15(26-32-23-13-24(30-14-25(23)33-26)27(34)31-19-7-8-19)16-2-4-17(5-3-16)20-10-11-29-22-9-6-18(28)12-21(20)22;3*1-14(24-30-21-12-22(25(32)27-2)29-13-23(21)31-24)15-3-5-16(6-4-15)18-9-10-28-20-8-7-17(26)11-19(18)20/h6,9-17,19H,2-5,7-8H2,1H3,(H,31,34)(H,32,33);3*7-16H,3-6H2,1-2H3,(H,27,32)(H,30,31)/t15-,16?,17?;2*14-,15?,16?;/m110./s1. The molecule has 130 heavy (non-hydrogen) atoms. The molecule has 4 amide bonds. The monoisotopic (exact) mass is 1750 g/mol. The van der Waals surface area contributed by atoms with Gasteiger partial charge >= 0.3 is 0 Å². The Morgan fingerprint density at radius 3 is 0.746 bits per heavy atom. The lowest BCUT2D eigenvalue weighted by molar-refractivity contribution is 0.0940. The molecule has 16 aromatic rings. The molecule has 0 saturated heterocycles. The van der Waals surface area contributed by atoms with Crippen molar-refractivity contribution < 1.29 is 36.7 Å². The quantitative estimate of drug-likeness (QED) is 0.0393. The summed E-state index contributed by atoms with van der Waals surface area (Å²) < 4.78 is 55.4. The number of nitrogens with one attached hydrogen (secondary N) is 8. The fourth-order valence-electron chi connectivity index (χ4n) is 20.5. The number of pyridine rings is 8. The highest BCUT2D eigenvalue weighted by Crippen LogP contribution is 2.48. The highest BCUT2D eigenvalue weighted by molar-refractivity contribution is 5.98. The largest absolute Gasteiger partial charge is 0.354 e. The molecule has 5 saturated carbocycles. The van der Waals surface area contributed by atoms with E-state index in [4.69, 9.17) is 19.9 Å². The van der Waals surface area contributed by atoms with Crippen LogP contribution in [0.5, 0.6) is 0 Å². The van der Waals surface area contributed by atoms with Gasteiger partial charge < -0.3 is 41.2 Å². The average molecular weight is 1750 g/mol. The average Bonchev–Trinajstić information content (AvgIpc) is 1.31. The summed E-state index contributed by atoms with van der Waals surface area (Å²) in [6, 6.07) is 34.8. The molecule has 666 valence electrons. The van der Waals surface area contributed by atoms with E-state index in [0.29, 0.717) is 76.2 Å². The second-order valence-corrected chi connectivity index (χ2v) is 36.2. The number of fused-ring (bicyclic) bond motifs is 8. The van der Waals surface area contributed by atoms with Crippen molar-refractivity contribution in [3.8, 4) is 0 Å². The van der Waals surface area contributed by atoms with Gasteiger partial charge in [-0.15, -0.1) is 0 Å². The highest BCUT2D eigenvalue weighted by atomic mass is 19.1. The number of carbonyl (C=O) groups excluding carboxylic acids is 4. The summed E-state index contributed by atoms with van der Waals surface area (Å²) in [4.78, 5) is 115. The molecule has 1 unspecified atom stereocenters. The predicted octanol–water partition coefficient (Wildman–Crippen LogP) is 20.9. The maximum absolute atomic E-state index is 13.9. The number of hydrogen-bond donors (Lipinski definition) is 8. The molecule has 5 aliphatic rings. The van der Waals surface area contributed by atoms with Crippen LogP contribution in [0.4, 0.5) is 17.6 Å². The number of carbonyl (C=O) groups is 4. The van der Waals surface area contributed by atoms with E-state index >= 15 is 0 Å². The summed E-state index contributed by atoms with van der Waals surface area (Å²) in [6.07, 6.45) is 33.4. The van der Waals surface area contributed by atoms with Gasteiger partial charge in [-0.1, -0.05) is 27.7 Å². The first-order valence-corrected chi connectivity index (χ1v) is 45.7. The van der Waals surface area contributed by atoms with Crippen molar-refractivity contribution in [3.05, 3.63) is 262 Å². The van der Waals surface area contributed by atoms with Gasteiger partial charge in [0.2, 0.25) is 0 Å². The Kier molecular flexibility index (Phi) is 25.6. The number of aromatic amines is 4. The molecule has 21 rings (SSSR count). The molecule has 12 heterocycles. The number of rotatable bonds is 17. The van der Waals surface area contributed by atoms with Gasteiger partial charge in [0, 0.05) is 97.2 Å². The van der Waals surface area contributed by atoms with Gasteiger partial charge in [0.15, 0.2) is 0 Å². The fourth-order valence-corrected chi connectivity index (χ4v) is 20.5. The van der Waals surface area contributed by atoms with Crippen LogP contribution in [-0.2, 0) is 0 Å². The molecule has 8 N–H and O–H groups in total. The van der Waals surface area contributed by atoms with Gasteiger partial charge in [-0.2, -0.15) is 0 Å². The fraction of sp³-hybridized carbons (Fsp3) is 0.373. The molecule has 0 radical (unpaired) electrons. The maximum Gasteiger partial charge on any atom is 0.270 e. The second-order valence-electron chi connectivity index (χ2n) is 36.2. The van der Waals surface area contributed by atoms with E-state index in [1.54, 1.807) is 119 Å². The first kappa shape index (κ1) is 87.3. The minimum Gasteiger partial charge on any atom is -0.354 e. The molecule has 5 aliphatic carbocycles. The summed E-state index contributed by atoms with van der Waals surface area (Å²) in [5.41, 5.74) is 16.3. The van der Waals surface area contributed by atoms with Crippen LogP contribution >= 0.6 is 0 Å². The summed E-state index contributed by atoms with van der Waals surface area (Å²) in [7, 11) is 4.77.